The van der Waals surface area contributed by atoms with Gasteiger partial charge in [-0.05, 0) is 12.1 Å². The van der Waals surface area contributed by atoms with Gasteiger partial charge in [0.15, 0.2) is 0 Å². The zero-order chi connectivity index (χ0) is 14.8. The van der Waals surface area contributed by atoms with Crippen molar-refractivity contribution in [2.45, 2.75) is 13.0 Å². The van der Waals surface area contributed by atoms with Gasteiger partial charge in [-0.15, -0.1) is 0 Å². The van der Waals surface area contributed by atoms with Crippen LogP contribution in [0.5, 0.6) is 0 Å². The Morgan fingerprint density at radius 1 is 1.43 bits per heavy atom. The first-order valence-corrected chi connectivity index (χ1v) is 6.71. The zero-order valence-corrected chi connectivity index (χ0v) is 11.6. The summed E-state index contributed by atoms with van der Waals surface area (Å²) in [6.07, 6.45) is 0.936. The highest BCUT2D eigenvalue weighted by molar-refractivity contribution is 6.00. The third-order valence-electron chi connectivity index (χ3n) is 3.35. The Morgan fingerprint density at radius 3 is 3.05 bits per heavy atom. The van der Waals surface area contributed by atoms with Gasteiger partial charge >= 0.3 is 6.09 Å². The number of aromatic nitrogens is 1. The molecule has 0 aliphatic carbocycles. The number of hydrogen-bond acceptors (Lipinski definition) is 4. The molecule has 1 saturated heterocycles. The first kappa shape index (κ1) is 13.4. The van der Waals surface area contributed by atoms with E-state index in [1.54, 1.807) is 11.1 Å². The summed E-state index contributed by atoms with van der Waals surface area (Å²) in [5, 5.41) is 3.62. The van der Waals surface area contributed by atoms with E-state index in [0.717, 1.165) is 16.6 Å². The van der Waals surface area contributed by atoms with E-state index in [1.807, 2.05) is 30.3 Å². The molecule has 108 valence electrons. The van der Waals surface area contributed by atoms with Gasteiger partial charge in [0.05, 0.1) is 24.3 Å². The quantitative estimate of drug-likeness (QED) is 0.931. The second-order valence-electron chi connectivity index (χ2n) is 4.91. The number of para-hydroxylation sites is 1. The number of carbonyl (C=O) groups is 2. The Labute approximate surface area is 121 Å². The molecule has 1 fully saturated rings. The molecule has 0 bridgehead atoms. The molecule has 1 aromatic carbocycles. The Bertz CT molecular complexity index is 696. The number of hydrogen-bond donors (Lipinski definition) is 1. The minimum absolute atomic E-state index is 0.142. The molecule has 1 atom stereocenters. The monoisotopic (exact) mass is 285 g/mol. The van der Waals surface area contributed by atoms with E-state index in [-0.39, 0.29) is 12.0 Å². The molecule has 3 rings (SSSR count). The second-order valence-corrected chi connectivity index (χ2v) is 4.91. The summed E-state index contributed by atoms with van der Waals surface area (Å²) < 4.78 is 5.27. The Morgan fingerprint density at radius 2 is 2.24 bits per heavy atom. The lowest BCUT2D eigenvalue weighted by molar-refractivity contribution is -0.119. The van der Waals surface area contributed by atoms with E-state index in [1.165, 1.54) is 6.92 Å². The van der Waals surface area contributed by atoms with Crippen molar-refractivity contribution in [2.75, 3.05) is 18.0 Å². The number of amides is 2. The molecule has 0 saturated carbocycles. The standard InChI is InChI=1S/C15H15N3O3/c1-10(19)17-8-12-9-18(15(20)21-12)13-6-2-4-11-5-3-7-16-14(11)13/h2-7,12H,8-9H2,1H3,(H,17,19)/t12-/m0/s1. The highest BCUT2D eigenvalue weighted by atomic mass is 16.6. The maximum absolute atomic E-state index is 12.0. The lowest BCUT2D eigenvalue weighted by Crippen LogP contribution is -2.33. The van der Waals surface area contributed by atoms with Crippen molar-refractivity contribution >= 4 is 28.6 Å². The molecule has 0 unspecified atom stereocenters. The number of nitrogens with one attached hydrogen (secondary N) is 1. The van der Waals surface area contributed by atoms with Crippen molar-refractivity contribution in [1.29, 1.82) is 0 Å². The van der Waals surface area contributed by atoms with E-state index < -0.39 is 6.09 Å². The van der Waals surface area contributed by atoms with Crippen molar-refractivity contribution in [3.8, 4) is 0 Å². The van der Waals surface area contributed by atoms with E-state index in [9.17, 15) is 9.59 Å². The van der Waals surface area contributed by atoms with Crippen molar-refractivity contribution in [2.24, 2.45) is 0 Å². The average molecular weight is 285 g/mol. The van der Waals surface area contributed by atoms with Gasteiger partial charge in [0, 0.05) is 18.5 Å². The van der Waals surface area contributed by atoms with Gasteiger partial charge in [-0.3, -0.25) is 14.7 Å². The van der Waals surface area contributed by atoms with E-state index in [4.69, 9.17) is 4.74 Å². The Balaban J connectivity index is 1.86. The number of carbonyl (C=O) groups excluding carboxylic acids is 2. The van der Waals surface area contributed by atoms with Crippen LogP contribution in [0.3, 0.4) is 0 Å². The minimum atomic E-state index is -0.413. The van der Waals surface area contributed by atoms with Gasteiger partial charge in [-0.1, -0.05) is 18.2 Å². The summed E-state index contributed by atoms with van der Waals surface area (Å²) in [5.41, 5.74) is 1.49. The number of rotatable bonds is 3. The van der Waals surface area contributed by atoms with E-state index in [2.05, 4.69) is 10.3 Å². The number of fused-ring (bicyclic) bond motifs is 1. The van der Waals surface area contributed by atoms with Crippen LogP contribution in [0.2, 0.25) is 0 Å². The molecule has 0 radical (unpaired) electrons. The topological polar surface area (TPSA) is 71.5 Å². The maximum Gasteiger partial charge on any atom is 0.414 e. The summed E-state index contributed by atoms with van der Waals surface area (Å²) in [6, 6.07) is 9.48. The molecule has 1 N–H and O–H groups in total. The summed E-state index contributed by atoms with van der Waals surface area (Å²) in [6.45, 7) is 2.15. The van der Waals surface area contributed by atoms with Gasteiger partial charge < -0.3 is 10.1 Å². The van der Waals surface area contributed by atoms with Gasteiger partial charge in [0.25, 0.3) is 0 Å². The minimum Gasteiger partial charge on any atom is -0.442 e. The van der Waals surface area contributed by atoms with Gasteiger partial charge in [0.2, 0.25) is 5.91 Å². The lowest BCUT2D eigenvalue weighted by atomic mass is 10.1. The normalized spacial score (nSPS) is 17.9. The van der Waals surface area contributed by atoms with Gasteiger partial charge in [-0.25, -0.2) is 4.79 Å². The van der Waals surface area contributed by atoms with Gasteiger partial charge in [0.1, 0.15) is 6.10 Å². The SMILES string of the molecule is CC(=O)NC[C@H]1CN(c2cccc3cccnc23)C(=O)O1. The van der Waals surface area contributed by atoms with Crippen LogP contribution in [-0.4, -0.2) is 36.2 Å². The largest absolute Gasteiger partial charge is 0.442 e. The molecule has 1 aliphatic rings. The molecular formula is C15H15N3O3. The molecule has 1 aromatic heterocycles. The molecular weight excluding hydrogens is 270 g/mol. The summed E-state index contributed by atoms with van der Waals surface area (Å²) in [4.78, 5) is 28.9. The van der Waals surface area contributed by atoms with Crippen molar-refractivity contribution < 1.29 is 14.3 Å². The van der Waals surface area contributed by atoms with E-state index in [0.29, 0.717) is 13.1 Å². The zero-order valence-electron chi connectivity index (χ0n) is 11.6. The number of nitrogens with zero attached hydrogens (tertiary/aromatic N) is 2. The molecule has 6 heteroatoms. The first-order valence-electron chi connectivity index (χ1n) is 6.71. The van der Waals surface area contributed by atoms with Crippen LogP contribution < -0.4 is 10.2 Å². The highest BCUT2D eigenvalue weighted by Gasteiger charge is 2.33. The first-order chi connectivity index (χ1) is 10.1. The van der Waals surface area contributed by atoms with Crippen LogP contribution in [0.15, 0.2) is 36.5 Å². The molecule has 0 spiro atoms. The molecule has 2 heterocycles. The number of cyclic esters (lactones) is 1. The number of ether oxygens (including phenoxy) is 1. The average Bonchev–Trinajstić information content (AvgIpc) is 2.85. The van der Waals surface area contributed by atoms with Crippen LogP contribution in [0.4, 0.5) is 10.5 Å². The number of benzene rings is 1. The summed E-state index contributed by atoms with van der Waals surface area (Å²) in [7, 11) is 0. The predicted molar refractivity (Wildman–Crippen MR) is 78.0 cm³/mol. The fourth-order valence-electron chi connectivity index (χ4n) is 2.39. The molecule has 2 aromatic rings. The molecule has 2 amide bonds. The maximum atomic E-state index is 12.0. The molecule has 21 heavy (non-hydrogen) atoms. The predicted octanol–water partition coefficient (Wildman–Crippen LogP) is 1.70. The fraction of sp³-hybridized carbons (Fsp3) is 0.267. The Hall–Kier alpha value is -2.63. The third kappa shape index (κ3) is 2.65. The van der Waals surface area contributed by atoms with E-state index >= 15 is 0 Å². The van der Waals surface area contributed by atoms with Crippen molar-refractivity contribution in [3.05, 3.63) is 36.5 Å². The van der Waals surface area contributed by atoms with Crippen molar-refractivity contribution in [3.63, 3.8) is 0 Å². The summed E-state index contributed by atoms with van der Waals surface area (Å²) in [5.74, 6) is -0.142. The van der Waals surface area contributed by atoms with Crippen LogP contribution in [0, 0.1) is 0 Å². The summed E-state index contributed by atoms with van der Waals surface area (Å²) >= 11 is 0. The number of anilines is 1. The van der Waals surface area contributed by atoms with Crippen LogP contribution in [0.25, 0.3) is 10.9 Å². The smallest absolute Gasteiger partial charge is 0.414 e. The third-order valence-corrected chi connectivity index (χ3v) is 3.35. The highest BCUT2D eigenvalue weighted by Crippen LogP contribution is 2.28. The number of pyridine rings is 1. The lowest BCUT2D eigenvalue weighted by Gasteiger charge is -2.14. The van der Waals surface area contributed by atoms with Gasteiger partial charge in [-0.2, -0.15) is 0 Å². The van der Waals surface area contributed by atoms with Crippen LogP contribution in [-0.2, 0) is 9.53 Å². The fourth-order valence-corrected chi connectivity index (χ4v) is 2.39. The van der Waals surface area contributed by atoms with Crippen LogP contribution in [0.1, 0.15) is 6.92 Å². The Kier molecular flexibility index (Phi) is 3.43. The molecule has 1 aliphatic heterocycles. The van der Waals surface area contributed by atoms with Crippen molar-refractivity contribution in [1.82, 2.24) is 10.3 Å². The van der Waals surface area contributed by atoms with Crippen LogP contribution >= 0.6 is 0 Å². The molecule has 6 nitrogen and oxygen atoms in total. The second kappa shape index (κ2) is 5.40.